The fraction of sp³-hybridized carbons (Fsp3) is 0.650. The highest BCUT2D eigenvalue weighted by atomic mass is 32.2. The van der Waals surface area contributed by atoms with E-state index in [0.29, 0.717) is 30.5 Å². The number of hydrogen-bond donors (Lipinski definition) is 1. The number of hydrogen-bond acceptors (Lipinski definition) is 5. The van der Waals surface area contributed by atoms with Gasteiger partial charge in [0.2, 0.25) is 15.9 Å². The lowest BCUT2D eigenvalue weighted by Crippen LogP contribution is -2.48. The van der Waals surface area contributed by atoms with Crippen molar-refractivity contribution < 1.29 is 17.9 Å². The predicted octanol–water partition coefficient (Wildman–Crippen LogP) is 2.09. The first-order valence-corrected chi connectivity index (χ1v) is 11.8. The summed E-state index contributed by atoms with van der Waals surface area (Å²) in [7, 11) is -1.49. The molecule has 28 heavy (non-hydrogen) atoms. The molecule has 1 saturated heterocycles. The zero-order valence-corrected chi connectivity index (χ0v) is 18.2. The number of rotatable bonds is 9. The van der Waals surface area contributed by atoms with E-state index in [4.69, 9.17) is 4.74 Å². The Hall–Kier alpha value is -1.80. The molecule has 1 fully saturated rings. The van der Waals surface area contributed by atoms with Gasteiger partial charge in [0.15, 0.2) is 0 Å². The van der Waals surface area contributed by atoms with Crippen LogP contribution in [0.3, 0.4) is 0 Å². The van der Waals surface area contributed by atoms with Crippen molar-refractivity contribution in [2.24, 2.45) is 5.92 Å². The summed E-state index contributed by atoms with van der Waals surface area (Å²) in [5.74, 6) is 0.992. The normalized spacial score (nSPS) is 17.1. The Balaban J connectivity index is 1.98. The predicted molar refractivity (Wildman–Crippen MR) is 112 cm³/mol. The maximum Gasteiger partial charge on any atom is 0.243 e. The number of benzene rings is 1. The number of carbonyl (C=O) groups excluding carboxylic acids is 1. The van der Waals surface area contributed by atoms with Crippen LogP contribution in [0.25, 0.3) is 0 Å². The minimum Gasteiger partial charge on any atom is -0.494 e. The van der Waals surface area contributed by atoms with Crippen molar-refractivity contribution in [2.45, 2.75) is 39.2 Å². The monoisotopic (exact) mass is 411 g/mol. The molecule has 0 radical (unpaired) electrons. The molecule has 1 aliphatic rings. The number of anilines is 1. The molecule has 8 heteroatoms. The molecule has 1 heterocycles. The number of ether oxygens (including phenoxy) is 1. The molecule has 1 amide bonds. The van der Waals surface area contributed by atoms with Crippen LogP contribution >= 0.6 is 0 Å². The van der Waals surface area contributed by atoms with Crippen molar-refractivity contribution in [1.82, 2.24) is 10.2 Å². The van der Waals surface area contributed by atoms with Gasteiger partial charge in [0.1, 0.15) is 11.8 Å². The lowest BCUT2D eigenvalue weighted by molar-refractivity contribution is -0.121. The number of nitrogens with zero attached hydrogens (tertiary/aromatic N) is 2. The summed E-state index contributed by atoms with van der Waals surface area (Å²) in [5.41, 5.74) is 0.448. The van der Waals surface area contributed by atoms with Gasteiger partial charge in [-0.25, -0.2) is 8.42 Å². The number of carbonyl (C=O) groups is 1. The second kappa shape index (κ2) is 10.1. The van der Waals surface area contributed by atoms with Crippen molar-refractivity contribution >= 4 is 21.6 Å². The molecule has 1 aliphatic heterocycles. The second-order valence-electron chi connectivity index (χ2n) is 7.49. The summed E-state index contributed by atoms with van der Waals surface area (Å²) >= 11 is 0. The molecule has 1 aromatic carbocycles. The Morgan fingerprint density at radius 1 is 1.29 bits per heavy atom. The van der Waals surface area contributed by atoms with Gasteiger partial charge < -0.3 is 15.0 Å². The van der Waals surface area contributed by atoms with Crippen molar-refractivity contribution in [3.63, 3.8) is 0 Å². The maximum absolute atomic E-state index is 12.6. The molecule has 2 rings (SSSR count). The third-order valence-corrected chi connectivity index (χ3v) is 6.42. The van der Waals surface area contributed by atoms with Crippen LogP contribution in [0.5, 0.6) is 5.75 Å². The Bertz CT molecular complexity index is 728. The molecule has 1 atom stereocenters. The summed E-state index contributed by atoms with van der Waals surface area (Å²) in [6.07, 6.45) is 4.33. The van der Waals surface area contributed by atoms with Crippen molar-refractivity contribution in [1.29, 1.82) is 0 Å². The molecule has 7 nitrogen and oxygen atoms in total. The van der Waals surface area contributed by atoms with Crippen LogP contribution in [0.1, 0.15) is 33.1 Å². The van der Waals surface area contributed by atoms with E-state index in [-0.39, 0.29) is 5.91 Å². The lowest BCUT2D eigenvalue weighted by atomic mass is 9.94. The van der Waals surface area contributed by atoms with Gasteiger partial charge in [-0.15, -0.1) is 0 Å². The van der Waals surface area contributed by atoms with Gasteiger partial charge in [0, 0.05) is 6.54 Å². The highest BCUT2D eigenvalue weighted by Crippen LogP contribution is 2.24. The Labute approximate surface area is 169 Å². The average molecular weight is 412 g/mol. The van der Waals surface area contributed by atoms with Crippen LogP contribution in [0, 0.1) is 5.92 Å². The zero-order valence-electron chi connectivity index (χ0n) is 17.3. The largest absolute Gasteiger partial charge is 0.494 e. The van der Waals surface area contributed by atoms with E-state index in [1.807, 2.05) is 6.92 Å². The quantitative estimate of drug-likeness (QED) is 0.673. The van der Waals surface area contributed by atoms with Gasteiger partial charge in [0.05, 0.1) is 18.6 Å². The number of sulfonamides is 1. The Morgan fingerprint density at radius 3 is 2.43 bits per heavy atom. The fourth-order valence-corrected chi connectivity index (χ4v) is 4.74. The Kier molecular flexibility index (Phi) is 8.12. The minimum absolute atomic E-state index is 0.285. The summed E-state index contributed by atoms with van der Waals surface area (Å²) in [5, 5.41) is 2.91. The molecule has 1 N–H and O–H groups in total. The van der Waals surface area contributed by atoms with Crippen molar-refractivity contribution in [3.05, 3.63) is 24.3 Å². The lowest BCUT2D eigenvalue weighted by Gasteiger charge is -2.30. The molecule has 0 saturated carbocycles. The summed E-state index contributed by atoms with van der Waals surface area (Å²) in [6.45, 7) is 6.78. The van der Waals surface area contributed by atoms with Crippen LogP contribution in [0.4, 0.5) is 5.69 Å². The molecular weight excluding hydrogens is 378 g/mol. The van der Waals surface area contributed by atoms with Gasteiger partial charge in [0.25, 0.3) is 0 Å². The first-order chi connectivity index (χ1) is 13.2. The van der Waals surface area contributed by atoms with Crippen LogP contribution < -0.4 is 14.4 Å². The molecule has 0 aliphatic carbocycles. The molecule has 0 aromatic heterocycles. The van der Waals surface area contributed by atoms with E-state index in [1.54, 1.807) is 31.2 Å². The van der Waals surface area contributed by atoms with Crippen LogP contribution in [0.2, 0.25) is 0 Å². The summed E-state index contributed by atoms with van der Waals surface area (Å²) in [6, 6.07) is 5.91. The minimum atomic E-state index is -3.61. The van der Waals surface area contributed by atoms with E-state index < -0.39 is 16.1 Å². The molecular formula is C20H33N3O4S. The van der Waals surface area contributed by atoms with Crippen molar-refractivity contribution in [2.75, 3.05) is 43.8 Å². The standard InChI is InChI=1S/C20H33N3O4S/c1-5-27-19-8-6-18(7-9-19)23(28(4,25)26)16(2)20(24)21-13-10-17-11-14-22(3)15-12-17/h6-9,16-17H,5,10-15H2,1-4H3,(H,21,24). The van der Waals surface area contributed by atoms with E-state index in [0.717, 1.165) is 42.9 Å². The third-order valence-electron chi connectivity index (χ3n) is 5.18. The SMILES string of the molecule is CCOc1ccc(N(C(C)C(=O)NCCC2CCN(C)CC2)S(C)(=O)=O)cc1. The fourth-order valence-electron chi connectivity index (χ4n) is 3.56. The third kappa shape index (κ3) is 6.38. The van der Waals surface area contributed by atoms with Gasteiger partial charge in [-0.2, -0.15) is 0 Å². The van der Waals surface area contributed by atoms with E-state index in [1.165, 1.54) is 0 Å². The summed E-state index contributed by atoms with van der Waals surface area (Å²) < 4.78 is 31.3. The van der Waals surface area contributed by atoms with Gasteiger partial charge in [-0.3, -0.25) is 9.10 Å². The van der Waals surface area contributed by atoms with Crippen LogP contribution in [0.15, 0.2) is 24.3 Å². The number of likely N-dealkylation sites (tertiary alicyclic amines) is 1. The summed E-state index contributed by atoms with van der Waals surface area (Å²) in [4.78, 5) is 14.9. The van der Waals surface area contributed by atoms with Gasteiger partial charge in [-0.05, 0) is 83.4 Å². The van der Waals surface area contributed by atoms with E-state index in [2.05, 4.69) is 17.3 Å². The number of nitrogens with one attached hydrogen (secondary N) is 1. The first kappa shape index (κ1) is 22.5. The molecule has 0 spiro atoms. The van der Waals surface area contributed by atoms with Gasteiger partial charge >= 0.3 is 0 Å². The van der Waals surface area contributed by atoms with Crippen LogP contribution in [-0.4, -0.2) is 64.8 Å². The molecule has 158 valence electrons. The highest BCUT2D eigenvalue weighted by Gasteiger charge is 2.29. The average Bonchev–Trinajstić information content (AvgIpc) is 2.64. The highest BCUT2D eigenvalue weighted by molar-refractivity contribution is 7.92. The topological polar surface area (TPSA) is 79.0 Å². The smallest absolute Gasteiger partial charge is 0.243 e. The molecule has 1 unspecified atom stereocenters. The van der Waals surface area contributed by atoms with Crippen molar-refractivity contribution in [3.8, 4) is 5.75 Å². The second-order valence-corrected chi connectivity index (χ2v) is 9.35. The molecule has 0 bridgehead atoms. The van der Waals surface area contributed by atoms with Crippen LogP contribution in [-0.2, 0) is 14.8 Å². The molecule has 1 aromatic rings. The maximum atomic E-state index is 12.6. The Morgan fingerprint density at radius 2 is 1.89 bits per heavy atom. The van der Waals surface area contributed by atoms with Gasteiger partial charge in [-0.1, -0.05) is 0 Å². The van der Waals surface area contributed by atoms with E-state index >= 15 is 0 Å². The zero-order chi connectivity index (χ0) is 20.7. The first-order valence-electron chi connectivity index (χ1n) is 9.91. The number of amides is 1. The number of piperidine rings is 1. The van der Waals surface area contributed by atoms with E-state index in [9.17, 15) is 13.2 Å².